The van der Waals surface area contributed by atoms with Gasteiger partial charge >= 0.3 is 0 Å². The second kappa shape index (κ2) is 4.81. The standard InChI is InChI=1S/C11H12Cl2O/c1-7-3-4-10(9(5-7)6-12)11(13)8(2)14/h3-5,11H,6H2,1-2H3. The molecule has 0 N–H and O–H groups in total. The van der Waals surface area contributed by atoms with Gasteiger partial charge in [0.05, 0.1) is 0 Å². The summed E-state index contributed by atoms with van der Waals surface area (Å²) in [7, 11) is 0. The van der Waals surface area contributed by atoms with Gasteiger partial charge in [0, 0.05) is 5.88 Å². The first-order valence-electron chi connectivity index (χ1n) is 4.36. The van der Waals surface area contributed by atoms with Gasteiger partial charge in [0.1, 0.15) is 5.38 Å². The van der Waals surface area contributed by atoms with Crippen LogP contribution in [0, 0.1) is 6.92 Å². The predicted octanol–water partition coefficient (Wildman–Crippen LogP) is 3.60. The van der Waals surface area contributed by atoms with Gasteiger partial charge in [-0.3, -0.25) is 4.79 Å². The Kier molecular flexibility index (Phi) is 3.97. The molecule has 1 atom stereocenters. The lowest BCUT2D eigenvalue weighted by atomic mass is 10.0. The molecule has 0 radical (unpaired) electrons. The van der Waals surface area contributed by atoms with E-state index in [2.05, 4.69) is 0 Å². The highest BCUT2D eigenvalue weighted by atomic mass is 35.5. The normalized spacial score (nSPS) is 12.6. The van der Waals surface area contributed by atoms with Gasteiger partial charge in [-0.15, -0.1) is 23.2 Å². The molecular weight excluding hydrogens is 219 g/mol. The predicted molar refractivity (Wildman–Crippen MR) is 60.0 cm³/mol. The quantitative estimate of drug-likeness (QED) is 0.726. The van der Waals surface area contributed by atoms with E-state index in [1.807, 2.05) is 25.1 Å². The van der Waals surface area contributed by atoms with Crippen molar-refractivity contribution in [3.8, 4) is 0 Å². The summed E-state index contributed by atoms with van der Waals surface area (Å²) in [6.07, 6.45) is 0. The number of carbonyl (C=O) groups excluding carboxylic acids is 1. The molecule has 0 aromatic heterocycles. The van der Waals surface area contributed by atoms with Crippen molar-refractivity contribution in [2.75, 3.05) is 0 Å². The largest absolute Gasteiger partial charge is 0.298 e. The van der Waals surface area contributed by atoms with Crippen LogP contribution in [0.3, 0.4) is 0 Å². The average Bonchev–Trinajstić information content (AvgIpc) is 2.16. The highest BCUT2D eigenvalue weighted by Gasteiger charge is 2.16. The van der Waals surface area contributed by atoms with E-state index in [-0.39, 0.29) is 5.78 Å². The van der Waals surface area contributed by atoms with E-state index < -0.39 is 5.38 Å². The van der Waals surface area contributed by atoms with Crippen LogP contribution in [-0.4, -0.2) is 5.78 Å². The van der Waals surface area contributed by atoms with Crippen molar-refractivity contribution in [1.29, 1.82) is 0 Å². The minimum Gasteiger partial charge on any atom is -0.298 e. The number of aryl methyl sites for hydroxylation is 1. The molecule has 3 heteroatoms. The summed E-state index contributed by atoms with van der Waals surface area (Å²) >= 11 is 11.8. The molecule has 1 nitrogen and oxygen atoms in total. The number of alkyl halides is 2. The molecule has 1 rings (SSSR count). The lowest BCUT2D eigenvalue weighted by Crippen LogP contribution is -2.04. The van der Waals surface area contributed by atoms with Crippen LogP contribution in [0.2, 0.25) is 0 Å². The smallest absolute Gasteiger partial charge is 0.152 e. The summed E-state index contributed by atoms with van der Waals surface area (Å²) in [4.78, 5) is 11.1. The molecule has 0 spiro atoms. The van der Waals surface area contributed by atoms with Crippen molar-refractivity contribution >= 4 is 29.0 Å². The third-order valence-electron chi connectivity index (χ3n) is 2.07. The number of rotatable bonds is 3. The minimum absolute atomic E-state index is 0.0538. The SMILES string of the molecule is CC(=O)C(Cl)c1ccc(C)cc1CCl. The van der Waals surface area contributed by atoms with Gasteiger partial charge in [0.25, 0.3) is 0 Å². The summed E-state index contributed by atoms with van der Waals surface area (Å²) in [5, 5.41) is -0.579. The number of carbonyl (C=O) groups is 1. The van der Waals surface area contributed by atoms with Crippen LogP contribution in [0.1, 0.15) is 29.0 Å². The summed E-state index contributed by atoms with van der Waals surface area (Å²) in [6.45, 7) is 3.46. The van der Waals surface area contributed by atoms with Gasteiger partial charge in [-0.2, -0.15) is 0 Å². The molecule has 0 amide bonds. The maximum Gasteiger partial charge on any atom is 0.152 e. The molecule has 0 saturated carbocycles. The lowest BCUT2D eigenvalue weighted by molar-refractivity contribution is -0.116. The summed E-state index contributed by atoms with van der Waals surface area (Å²) in [5.74, 6) is 0.329. The monoisotopic (exact) mass is 230 g/mol. The summed E-state index contributed by atoms with van der Waals surface area (Å²) in [5.41, 5.74) is 2.87. The van der Waals surface area contributed by atoms with Gasteiger partial charge in [-0.25, -0.2) is 0 Å². The Morgan fingerprint density at radius 1 is 1.50 bits per heavy atom. The minimum atomic E-state index is -0.579. The molecule has 0 fully saturated rings. The fraction of sp³-hybridized carbons (Fsp3) is 0.364. The molecule has 14 heavy (non-hydrogen) atoms. The first kappa shape index (κ1) is 11.5. The van der Waals surface area contributed by atoms with Crippen molar-refractivity contribution in [2.24, 2.45) is 0 Å². The Morgan fingerprint density at radius 3 is 2.64 bits per heavy atom. The van der Waals surface area contributed by atoms with E-state index in [0.717, 1.165) is 16.7 Å². The Hall–Kier alpha value is -0.530. The molecule has 0 aliphatic carbocycles. The Balaban J connectivity index is 3.13. The summed E-state index contributed by atoms with van der Waals surface area (Å²) in [6, 6.07) is 5.76. The number of ketones is 1. The first-order valence-corrected chi connectivity index (χ1v) is 5.33. The van der Waals surface area contributed by atoms with Crippen molar-refractivity contribution in [3.63, 3.8) is 0 Å². The molecule has 76 valence electrons. The highest BCUT2D eigenvalue weighted by Crippen LogP contribution is 2.26. The van der Waals surface area contributed by atoms with Crippen LogP contribution < -0.4 is 0 Å². The third kappa shape index (κ3) is 2.49. The maximum absolute atomic E-state index is 11.1. The fourth-order valence-electron chi connectivity index (χ4n) is 1.32. The fourth-order valence-corrected chi connectivity index (χ4v) is 1.76. The third-order valence-corrected chi connectivity index (χ3v) is 2.90. The van der Waals surface area contributed by atoms with E-state index in [9.17, 15) is 4.79 Å². The summed E-state index contributed by atoms with van der Waals surface area (Å²) < 4.78 is 0. The van der Waals surface area contributed by atoms with Crippen molar-refractivity contribution in [3.05, 3.63) is 34.9 Å². The van der Waals surface area contributed by atoms with Crippen LogP contribution in [0.4, 0.5) is 0 Å². The van der Waals surface area contributed by atoms with Crippen molar-refractivity contribution in [1.82, 2.24) is 0 Å². The van der Waals surface area contributed by atoms with Crippen LogP contribution in [0.5, 0.6) is 0 Å². The van der Waals surface area contributed by atoms with Gasteiger partial charge in [-0.1, -0.05) is 23.8 Å². The first-order chi connectivity index (χ1) is 6.56. The van der Waals surface area contributed by atoms with E-state index in [4.69, 9.17) is 23.2 Å². The topological polar surface area (TPSA) is 17.1 Å². The number of Topliss-reactive ketones (excluding diaryl/α,β-unsaturated/α-hetero) is 1. The number of hydrogen-bond donors (Lipinski definition) is 0. The molecule has 0 aliphatic rings. The highest BCUT2D eigenvalue weighted by molar-refractivity contribution is 6.31. The van der Waals surface area contributed by atoms with Gasteiger partial charge in [0.2, 0.25) is 0 Å². The number of halogens is 2. The Bertz CT molecular complexity index is 347. The second-order valence-corrected chi connectivity index (χ2v) is 4.01. The molecule has 0 aliphatic heterocycles. The van der Waals surface area contributed by atoms with Crippen LogP contribution in [0.25, 0.3) is 0 Å². The van der Waals surface area contributed by atoms with Crippen LogP contribution >= 0.6 is 23.2 Å². The zero-order chi connectivity index (χ0) is 10.7. The molecule has 1 aromatic carbocycles. The van der Waals surface area contributed by atoms with Crippen LogP contribution in [0.15, 0.2) is 18.2 Å². The lowest BCUT2D eigenvalue weighted by Gasteiger charge is -2.11. The molecule has 0 heterocycles. The van der Waals surface area contributed by atoms with E-state index in [1.165, 1.54) is 6.92 Å². The van der Waals surface area contributed by atoms with Gasteiger partial charge in [-0.05, 0) is 25.0 Å². The number of hydrogen-bond acceptors (Lipinski definition) is 1. The second-order valence-electron chi connectivity index (χ2n) is 3.31. The molecular formula is C11H12Cl2O. The van der Waals surface area contributed by atoms with E-state index in [1.54, 1.807) is 0 Å². The molecule has 0 bridgehead atoms. The molecule has 1 unspecified atom stereocenters. The average molecular weight is 231 g/mol. The molecule has 0 saturated heterocycles. The Labute approximate surface area is 94.0 Å². The van der Waals surface area contributed by atoms with Crippen LogP contribution in [-0.2, 0) is 10.7 Å². The van der Waals surface area contributed by atoms with Gasteiger partial charge in [0.15, 0.2) is 5.78 Å². The van der Waals surface area contributed by atoms with E-state index in [0.29, 0.717) is 5.88 Å². The zero-order valence-electron chi connectivity index (χ0n) is 8.18. The Morgan fingerprint density at radius 2 is 2.14 bits per heavy atom. The van der Waals surface area contributed by atoms with Gasteiger partial charge < -0.3 is 0 Å². The number of benzene rings is 1. The maximum atomic E-state index is 11.1. The van der Waals surface area contributed by atoms with Crippen molar-refractivity contribution in [2.45, 2.75) is 25.1 Å². The molecule has 1 aromatic rings. The van der Waals surface area contributed by atoms with Crippen molar-refractivity contribution < 1.29 is 4.79 Å². The van der Waals surface area contributed by atoms with E-state index >= 15 is 0 Å². The zero-order valence-corrected chi connectivity index (χ0v) is 9.69.